The van der Waals surface area contributed by atoms with Crippen LogP contribution in [0.1, 0.15) is 0 Å². The Morgan fingerprint density at radius 2 is 1.94 bits per heavy atom. The molecule has 3 aromatic rings. The zero-order valence-corrected chi connectivity index (χ0v) is 9.48. The Balaban J connectivity index is 2.20. The Kier molecular flexibility index (Phi) is 2.27. The lowest BCUT2D eigenvalue weighted by molar-refractivity contribution is 0.474. The normalized spacial score (nSPS) is 10.9. The van der Waals surface area contributed by atoms with E-state index < -0.39 is 0 Å². The van der Waals surface area contributed by atoms with Gasteiger partial charge in [-0.25, -0.2) is 4.98 Å². The Labute approximate surface area is 102 Å². The van der Waals surface area contributed by atoms with Crippen molar-refractivity contribution in [3.63, 3.8) is 0 Å². The third-order valence-corrected chi connectivity index (χ3v) is 2.72. The summed E-state index contributed by atoms with van der Waals surface area (Å²) in [5.74, 6) is 0.449. The van der Waals surface area contributed by atoms with E-state index in [1.165, 1.54) is 6.07 Å². The summed E-state index contributed by atoms with van der Waals surface area (Å²) in [6, 6.07) is 12.3. The lowest BCUT2D eigenvalue weighted by Gasteiger charge is -1.99. The van der Waals surface area contributed by atoms with Gasteiger partial charge in [0.25, 0.3) is 0 Å². The monoisotopic (exact) mass is 245 g/mol. The number of nitrogens with zero attached hydrogens (tertiary/aromatic N) is 1. The van der Waals surface area contributed by atoms with Crippen molar-refractivity contribution in [1.82, 2.24) is 4.98 Å². The summed E-state index contributed by atoms with van der Waals surface area (Å²) in [4.78, 5) is 4.30. The molecule has 17 heavy (non-hydrogen) atoms. The molecule has 0 bridgehead atoms. The largest absolute Gasteiger partial charge is 0.507 e. The maximum atomic E-state index is 9.79. The van der Waals surface area contributed by atoms with Crippen LogP contribution in [0.25, 0.3) is 22.6 Å². The summed E-state index contributed by atoms with van der Waals surface area (Å²) >= 11 is 5.77. The third kappa shape index (κ3) is 1.74. The number of rotatable bonds is 1. The van der Waals surface area contributed by atoms with Crippen LogP contribution in [0.5, 0.6) is 5.75 Å². The molecule has 4 heteroatoms. The molecule has 0 atom stereocenters. The first kappa shape index (κ1) is 10.2. The van der Waals surface area contributed by atoms with Crippen molar-refractivity contribution in [2.24, 2.45) is 0 Å². The Bertz CT molecular complexity index is 658. The zero-order chi connectivity index (χ0) is 11.8. The molecule has 2 aromatic carbocycles. The van der Waals surface area contributed by atoms with E-state index in [2.05, 4.69) is 4.98 Å². The van der Waals surface area contributed by atoms with Crippen LogP contribution in [0.3, 0.4) is 0 Å². The molecule has 3 nitrogen and oxygen atoms in total. The van der Waals surface area contributed by atoms with Gasteiger partial charge in [-0.1, -0.05) is 23.7 Å². The highest BCUT2D eigenvalue weighted by Gasteiger charge is 2.11. The summed E-state index contributed by atoms with van der Waals surface area (Å²) in [6.45, 7) is 0. The molecule has 0 aliphatic rings. The first-order valence-corrected chi connectivity index (χ1v) is 5.46. The molecular weight excluding hydrogens is 238 g/mol. The molecule has 1 N–H and O–H groups in total. The third-order valence-electron chi connectivity index (χ3n) is 2.48. The molecule has 0 aliphatic heterocycles. The van der Waals surface area contributed by atoms with Crippen LogP contribution < -0.4 is 0 Å². The molecule has 3 rings (SSSR count). The van der Waals surface area contributed by atoms with E-state index in [9.17, 15) is 5.11 Å². The maximum absolute atomic E-state index is 9.79. The summed E-state index contributed by atoms with van der Waals surface area (Å²) in [5, 5.41) is 10.3. The SMILES string of the molecule is Oc1cc(Cl)ccc1-c1nc2ccccc2o1. The second kappa shape index (κ2) is 3.79. The minimum absolute atomic E-state index is 0.0593. The fourth-order valence-electron chi connectivity index (χ4n) is 1.67. The number of benzene rings is 2. The summed E-state index contributed by atoms with van der Waals surface area (Å²) in [6.07, 6.45) is 0. The minimum atomic E-state index is 0.0593. The second-order valence-corrected chi connectivity index (χ2v) is 4.08. The van der Waals surface area contributed by atoms with Gasteiger partial charge in [-0.3, -0.25) is 0 Å². The number of oxazole rings is 1. The van der Waals surface area contributed by atoms with E-state index in [-0.39, 0.29) is 5.75 Å². The number of fused-ring (bicyclic) bond motifs is 1. The highest BCUT2D eigenvalue weighted by Crippen LogP contribution is 2.32. The lowest BCUT2D eigenvalue weighted by atomic mass is 10.2. The molecule has 0 amide bonds. The highest BCUT2D eigenvalue weighted by molar-refractivity contribution is 6.30. The number of hydrogen-bond acceptors (Lipinski definition) is 3. The summed E-state index contributed by atoms with van der Waals surface area (Å²) in [5.41, 5.74) is 1.99. The van der Waals surface area contributed by atoms with E-state index in [4.69, 9.17) is 16.0 Å². The van der Waals surface area contributed by atoms with Crippen LogP contribution in [-0.2, 0) is 0 Å². The van der Waals surface area contributed by atoms with Crippen LogP contribution in [-0.4, -0.2) is 10.1 Å². The first-order valence-electron chi connectivity index (χ1n) is 5.08. The predicted octanol–water partition coefficient (Wildman–Crippen LogP) is 3.85. The van der Waals surface area contributed by atoms with Crippen molar-refractivity contribution in [1.29, 1.82) is 0 Å². The van der Waals surface area contributed by atoms with Crippen molar-refractivity contribution in [3.05, 3.63) is 47.5 Å². The van der Waals surface area contributed by atoms with Crippen LogP contribution >= 0.6 is 11.6 Å². The molecule has 0 unspecified atom stereocenters. The van der Waals surface area contributed by atoms with Crippen molar-refractivity contribution < 1.29 is 9.52 Å². The fourth-order valence-corrected chi connectivity index (χ4v) is 1.84. The second-order valence-electron chi connectivity index (χ2n) is 3.65. The van der Waals surface area contributed by atoms with E-state index in [0.717, 1.165) is 5.52 Å². The van der Waals surface area contributed by atoms with Crippen molar-refractivity contribution in [2.45, 2.75) is 0 Å². The molecule has 0 saturated heterocycles. The Morgan fingerprint density at radius 3 is 2.71 bits per heavy atom. The van der Waals surface area contributed by atoms with Gasteiger partial charge >= 0.3 is 0 Å². The van der Waals surface area contributed by atoms with Crippen molar-refractivity contribution in [2.75, 3.05) is 0 Å². The lowest BCUT2D eigenvalue weighted by Crippen LogP contribution is -1.78. The molecule has 0 saturated carbocycles. The topological polar surface area (TPSA) is 46.3 Å². The van der Waals surface area contributed by atoms with E-state index in [1.54, 1.807) is 12.1 Å². The number of hydrogen-bond donors (Lipinski definition) is 1. The van der Waals surface area contributed by atoms with Crippen molar-refractivity contribution in [3.8, 4) is 17.2 Å². The van der Waals surface area contributed by atoms with Gasteiger partial charge in [-0.15, -0.1) is 0 Å². The molecule has 1 heterocycles. The van der Waals surface area contributed by atoms with E-state index in [0.29, 0.717) is 22.1 Å². The first-order chi connectivity index (χ1) is 8.24. The Hall–Kier alpha value is -2.00. The number of aromatic nitrogens is 1. The van der Waals surface area contributed by atoms with Crippen LogP contribution in [0.4, 0.5) is 0 Å². The number of phenols is 1. The maximum Gasteiger partial charge on any atom is 0.231 e. The van der Waals surface area contributed by atoms with Gasteiger partial charge in [0.05, 0.1) is 5.56 Å². The number of aromatic hydroxyl groups is 1. The van der Waals surface area contributed by atoms with Crippen molar-refractivity contribution >= 4 is 22.7 Å². The zero-order valence-electron chi connectivity index (χ0n) is 8.72. The van der Waals surface area contributed by atoms with Gasteiger partial charge < -0.3 is 9.52 Å². The smallest absolute Gasteiger partial charge is 0.231 e. The van der Waals surface area contributed by atoms with Crippen LogP contribution in [0.2, 0.25) is 5.02 Å². The molecular formula is C13H8ClNO2. The molecule has 0 radical (unpaired) electrons. The number of phenolic OH excluding ortho intramolecular Hbond substituents is 1. The molecule has 0 fully saturated rings. The standard InChI is InChI=1S/C13H8ClNO2/c14-8-5-6-9(11(16)7-8)13-15-10-3-1-2-4-12(10)17-13/h1-7,16H. The van der Waals surface area contributed by atoms with Gasteiger partial charge in [0.1, 0.15) is 11.3 Å². The quantitative estimate of drug-likeness (QED) is 0.708. The Morgan fingerprint density at radius 1 is 1.12 bits per heavy atom. The number of halogens is 1. The average molecular weight is 246 g/mol. The average Bonchev–Trinajstić information content (AvgIpc) is 2.72. The molecule has 0 spiro atoms. The molecule has 0 aliphatic carbocycles. The van der Waals surface area contributed by atoms with E-state index in [1.807, 2.05) is 24.3 Å². The van der Waals surface area contributed by atoms with E-state index >= 15 is 0 Å². The molecule has 1 aromatic heterocycles. The van der Waals surface area contributed by atoms with Gasteiger partial charge in [-0.05, 0) is 30.3 Å². The predicted molar refractivity (Wildman–Crippen MR) is 66.1 cm³/mol. The fraction of sp³-hybridized carbons (Fsp3) is 0. The summed E-state index contributed by atoms with van der Waals surface area (Å²) < 4.78 is 5.56. The molecule has 84 valence electrons. The minimum Gasteiger partial charge on any atom is -0.507 e. The van der Waals surface area contributed by atoms with Gasteiger partial charge in [-0.2, -0.15) is 0 Å². The highest BCUT2D eigenvalue weighted by atomic mass is 35.5. The van der Waals surface area contributed by atoms with Gasteiger partial charge in [0, 0.05) is 5.02 Å². The van der Waals surface area contributed by atoms with Gasteiger partial charge in [0.15, 0.2) is 5.58 Å². The van der Waals surface area contributed by atoms with Crippen LogP contribution in [0, 0.1) is 0 Å². The van der Waals surface area contributed by atoms with Gasteiger partial charge in [0.2, 0.25) is 5.89 Å². The number of para-hydroxylation sites is 2. The summed E-state index contributed by atoms with van der Waals surface area (Å²) in [7, 11) is 0. The van der Waals surface area contributed by atoms with Crippen LogP contribution in [0.15, 0.2) is 46.9 Å².